The number of carbonyl (C=O) groups is 1. The number of para-hydroxylation sites is 1. The monoisotopic (exact) mass is 350 g/mol. The molecule has 0 fully saturated rings. The topological polar surface area (TPSA) is 71.4 Å². The molecule has 134 valence electrons. The van der Waals surface area contributed by atoms with Crippen LogP contribution in [-0.2, 0) is 11.2 Å². The minimum Gasteiger partial charge on any atom is -0.493 e. The number of carbonyl (C=O) groups excluding carboxylic acids is 1. The third-order valence-electron chi connectivity index (χ3n) is 4.08. The molecule has 0 atom stereocenters. The van der Waals surface area contributed by atoms with Crippen LogP contribution in [0.5, 0.6) is 11.5 Å². The average Bonchev–Trinajstić information content (AvgIpc) is 2.66. The Hall–Kier alpha value is -3.26. The van der Waals surface area contributed by atoms with Gasteiger partial charge in [-0.05, 0) is 54.3 Å². The Morgan fingerprint density at radius 3 is 2.46 bits per heavy atom. The van der Waals surface area contributed by atoms with Gasteiger partial charge >= 0.3 is 0 Å². The third kappa shape index (κ3) is 4.22. The molecule has 0 unspecified atom stereocenters. The number of aryl methyl sites for hydroxylation is 2. The fourth-order valence-corrected chi connectivity index (χ4v) is 2.60. The van der Waals surface area contributed by atoms with Gasteiger partial charge in [0.2, 0.25) is 0 Å². The van der Waals surface area contributed by atoms with E-state index in [-0.39, 0.29) is 5.57 Å². The number of hydrogen-bond donors (Lipinski definition) is 1. The molecule has 2 aromatic carbocycles. The van der Waals surface area contributed by atoms with Crippen molar-refractivity contribution in [3.8, 4) is 17.6 Å². The summed E-state index contributed by atoms with van der Waals surface area (Å²) in [7, 11) is 3.10. The number of rotatable bonds is 6. The Morgan fingerprint density at radius 2 is 1.85 bits per heavy atom. The molecule has 2 rings (SSSR count). The van der Waals surface area contributed by atoms with Crippen LogP contribution in [-0.4, -0.2) is 20.1 Å². The van der Waals surface area contributed by atoms with Gasteiger partial charge in [-0.25, -0.2) is 0 Å². The average molecular weight is 350 g/mol. The van der Waals surface area contributed by atoms with Gasteiger partial charge in [-0.1, -0.05) is 25.1 Å². The van der Waals surface area contributed by atoms with Crippen molar-refractivity contribution in [3.05, 3.63) is 58.7 Å². The maximum atomic E-state index is 12.5. The molecule has 0 aromatic heterocycles. The van der Waals surface area contributed by atoms with Crippen LogP contribution < -0.4 is 14.8 Å². The molecular formula is C21H22N2O3. The summed E-state index contributed by atoms with van der Waals surface area (Å²) in [6.45, 7) is 3.89. The molecule has 0 radical (unpaired) electrons. The van der Waals surface area contributed by atoms with Crippen LogP contribution in [0.4, 0.5) is 5.69 Å². The normalized spacial score (nSPS) is 10.8. The summed E-state index contributed by atoms with van der Waals surface area (Å²) in [5.74, 6) is 0.697. The number of anilines is 1. The predicted molar refractivity (Wildman–Crippen MR) is 102 cm³/mol. The van der Waals surface area contributed by atoms with Crippen LogP contribution >= 0.6 is 0 Å². The van der Waals surface area contributed by atoms with E-state index in [0.29, 0.717) is 17.2 Å². The lowest BCUT2D eigenvalue weighted by Crippen LogP contribution is -2.14. The number of ether oxygens (including phenoxy) is 2. The lowest BCUT2D eigenvalue weighted by molar-refractivity contribution is -0.112. The SMILES string of the molecule is CCc1ccccc1NC(=O)/C(C#N)=C\c1cc(OC)c(OC)cc1C. The molecule has 0 aliphatic heterocycles. The molecule has 0 saturated carbocycles. The van der Waals surface area contributed by atoms with Crippen LogP contribution in [0.2, 0.25) is 0 Å². The summed E-state index contributed by atoms with van der Waals surface area (Å²) < 4.78 is 10.6. The molecule has 1 N–H and O–H groups in total. The highest BCUT2D eigenvalue weighted by Gasteiger charge is 2.13. The number of methoxy groups -OCH3 is 2. The Bertz CT molecular complexity index is 879. The minimum absolute atomic E-state index is 0.0197. The van der Waals surface area contributed by atoms with Gasteiger partial charge in [-0.3, -0.25) is 4.79 Å². The molecule has 0 aliphatic rings. The van der Waals surface area contributed by atoms with E-state index in [2.05, 4.69) is 5.32 Å². The van der Waals surface area contributed by atoms with E-state index >= 15 is 0 Å². The molecular weight excluding hydrogens is 328 g/mol. The summed E-state index contributed by atoms with van der Waals surface area (Å²) in [6.07, 6.45) is 2.35. The van der Waals surface area contributed by atoms with Crippen LogP contribution in [0.3, 0.4) is 0 Å². The number of nitriles is 1. The third-order valence-corrected chi connectivity index (χ3v) is 4.08. The van der Waals surface area contributed by atoms with E-state index in [1.165, 1.54) is 0 Å². The van der Waals surface area contributed by atoms with E-state index < -0.39 is 5.91 Å². The van der Waals surface area contributed by atoms with E-state index in [1.54, 1.807) is 26.4 Å². The number of hydrogen-bond acceptors (Lipinski definition) is 4. The van der Waals surface area contributed by atoms with Crippen molar-refractivity contribution in [2.45, 2.75) is 20.3 Å². The fraction of sp³-hybridized carbons (Fsp3) is 0.238. The van der Waals surface area contributed by atoms with Crippen molar-refractivity contribution in [2.24, 2.45) is 0 Å². The maximum absolute atomic E-state index is 12.5. The molecule has 0 spiro atoms. The Kier molecular flexibility index (Phi) is 6.40. The highest BCUT2D eigenvalue weighted by atomic mass is 16.5. The zero-order valence-electron chi connectivity index (χ0n) is 15.4. The van der Waals surface area contributed by atoms with Crippen LogP contribution in [0.25, 0.3) is 6.08 Å². The van der Waals surface area contributed by atoms with Gasteiger partial charge < -0.3 is 14.8 Å². The lowest BCUT2D eigenvalue weighted by Gasteiger charge is -2.12. The number of nitrogens with one attached hydrogen (secondary N) is 1. The summed E-state index contributed by atoms with van der Waals surface area (Å²) in [5, 5.41) is 12.3. The molecule has 2 aromatic rings. The first-order valence-electron chi connectivity index (χ1n) is 8.27. The Labute approximate surface area is 153 Å². The lowest BCUT2D eigenvalue weighted by atomic mass is 10.0. The summed E-state index contributed by atoms with van der Waals surface area (Å²) in [4.78, 5) is 12.5. The second-order valence-corrected chi connectivity index (χ2v) is 5.70. The Balaban J connectivity index is 2.36. The summed E-state index contributed by atoms with van der Waals surface area (Å²) >= 11 is 0. The van der Waals surface area contributed by atoms with Gasteiger partial charge in [-0.2, -0.15) is 5.26 Å². The van der Waals surface area contributed by atoms with Crippen LogP contribution in [0.15, 0.2) is 42.0 Å². The van der Waals surface area contributed by atoms with Crippen LogP contribution in [0, 0.1) is 18.3 Å². The molecule has 0 aliphatic carbocycles. The van der Waals surface area contributed by atoms with Gasteiger partial charge in [0, 0.05) is 5.69 Å². The van der Waals surface area contributed by atoms with E-state index in [0.717, 1.165) is 23.1 Å². The first kappa shape index (κ1) is 19.1. The van der Waals surface area contributed by atoms with Crippen LogP contribution in [0.1, 0.15) is 23.6 Å². The number of benzene rings is 2. The van der Waals surface area contributed by atoms with Crippen molar-refractivity contribution in [1.82, 2.24) is 0 Å². The van der Waals surface area contributed by atoms with Gasteiger partial charge in [0.1, 0.15) is 11.6 Å². The maximum Gasteiger partial charge on any atom is 0.266 e. The molecule has 26 heavy (non-hydrogen) atoms. The fourth-order valence-electron chi connectivity index (χ4n) is 2.60. The molecule has 5 nitrogen and oxygen atoms in total. The van der Waals surface area contributed by atoms with Crippen molar-refractivity contribution in [1.29, 1.82) is 5.26 Å². The van der Waals surface area contributed by atoms with Gasteiger partial charge in [0.25, 0.3) is 5.91 Å². The number of nitrogens with zero attached hydrogens (tertiary/aromatic N) is 1. The van der Waals surface area contributed by atoms with Crippen molar-refractivity contribution < 1.29 is 14.3 Å². The molecule has 0 saturated heterocycles. The molecule has 5 heteroatoms. The number of amides is 1. The van der Waals surface area contributed by atoms with Gasteiger partial charge in [-0.15, -0.1) is 0 Å². The van der Waals surface area contributed by atoms with Gasteiger partial charge in [0.15, 0.2) is 11.5 Å². The zero-order chi connectivity index (χ0) is 19.1. The zero-order valence-corrected chi connectivity index (χ0v) is 15.4. The smallest absolute Gasteiger partial charge is 0.266 e. The highest BCUT2D eigenvalue weighted by Crippen LogP contribution is 2.31. The second kappa shape index (κ2) is 8.72. The minimum atomic E-state index is -0.442. The quantitative estimate of drug-likeness (QED) is 0.628. The molecule has 0 heterocycles. The Morgan fingerprint density at radius 1 is 1.19 bits per heavy atom. The molecule has 0 bridgehead atoms. The van der Waals surface area contributed by atoms with E-state index in [1.807, 2.05) is 50.2 Å². The van der Waals surface area contributed by atoms with E-state index in [4.69, 9.17) is 9.47 Å². The largest absolute Gasteiger partial charge is 0.493 e. The van der Waals surface area contributed by atoms with E-state index in [9.17, 15) is 10.1 Å². The first-order chi connectivity index (χ1) is 12.5. The van der Waals surface area contributed by atoms with Crippen molar-refractivity contribution in [3.63, 3.8) is 0 Å². The van der Waals surface area contributed by atoms with Crippen molar-refractivity contribution >= 4 is 17.7 Å². The summed E-state index contributed by atoms with van der Waals surface area (Å²) in [5.41, 5.74) is 3.34. The van der Waals surface area contributed by atoms with Crippen molar-refractivity contribution in [2.75, 3.05) is 19.5 Å². The highest BCUT2D eigenvalue weighted by molar-refractivity contribution is 6.10. The molecule has 1 amide bonds. The standard InChI is InChI=1S/C21H22N2O3/c1-5-15-8-6-7-9-18(15)23-21(24)17(13-22)11-16-12-20(26-4)19(25-3)10-14(16)2/h6-12H,5H2,1-4H3,(H,23,24)/b17-11-. The second-order valence-electron chi connectivity index (χ2n) is 5.70. The first-order valence-corrected chi connectivity index (χ1v) is 8.27. The van der Waals surface area contributed by atoms with Gasteiger partial charge in [0.05, 0.1) is 14.2 Å². The summed E-state index contributed by atoms with van der Waals surface area (Å²) in [6, 6.07) is 13.1. The predicted octanol–water partition coefficient (Wildman–Crippen LogP) is 4.12.